The Labute approximate surface area is 147 Å². The van der Waals surface area contributed by atoms with E-state index >= 15 is 0 Å². The molecule has 2 aromatic heterocycles. The number of nitrogens with zero attached hydrogens (tertiary/aromatic N) is 7. The van der Waals surface area contributed by atoms with E-state index in [1.54, 1.807) is 24.8 Å². The fourth-order valence-electron chi connectivity index (χ4n) is 2.89. The van der Waals surface area contributed by atoms with Gasteiger partial charge in [0.25, 0.3) is 0 Å². The van der Waals surface area contributed by atoms with Crippen LogP contribution in [0.15, 0.2) is 24.8 Å². The van der Waals surface area contributed by atoms with Crippen LogP contribution in [-0.2, 0) is 13.1 Å². The second-order valence-corrected chi connectivity index (χ2v) is 5.98. The molecule has 1 aliphatic heterocycles. The summed E-state index contributed by atoms with van der Waals surface area (Å²) in [5.74, 6) is 1.50. The zero-order chi connectivity index (χ0) is 17.5. The van der Waals surface area contributed by atoms with Crippen LogP contribution in [0.3, 0.4) is 0 Å². The molecule has 1 fully saturated rings. The second kappa shape index (κ2) is 8.41. The predicted octanol–water partition coefficient (Wildman–Crippen LogP) is 0.900. The zero-order valence-electron chi connectivity index (χ0n) is 14.5. The summed E-state index contributed by atoms with van der Waals surface area (Å²) in [6, 6.07) is 1.74. The van der Waals surface area contributed by atoms with Gasteiger partial charge in [-0.1, -0.05) is 6.92 Å². The molecular formula is C16H24N8O. The molecule has 9 heteroatoms. The third-order valence-corrected chi connectivity index (χ3v) is 4.18. The lowest BCUT2D eigenvalue weighted by atomic mass is 10.4. The van der Waals surface area contributed by atoms with Crippen LogP contribution >= 0.6 is 0 Å². The molecule has 0 radical (unpaired) electrons. The van der Waals surface area contributed by atoms with Crippen molar-refractivity contribution in [2.75, 3.05) is 31.1 Å². The first-order chi connectivity index (χ1) is 12.3. The maximum Gasteiger partial charge on any atom is 0.317 e. The standard InChI is InChI=1S/C16H24N8O/c1-2-7-24-13-20-21-14(24)12-19-16(25)23-9-4-8-22(10-11-23)15-17-5-3-6-18-15/h3,5-6,13H,2,4,7-12H2,1H3,(H,19,25). The lowest BCUT2D eigenvalue weighted by Gasteiger charge is -2.22. The number of rotatable bonds is 5. The van der Waals surface area contributed by atoms with Gasteiger partial charge in [-0.2, -0.15) is 0 Å². The van der Waals surface area contributed by atoms with E-state index in [-0.39, 0.29) is 6.03 Å². The fourth-order valence-corrected chi connectivity index (χ4v) is 2.89. The van der Waals surface area contributed by atoms with E-state index in [0.29, 0.717) is 13.1 Å². The Hall–Kier alpha value is -2.71. The molecule has 0 saturated carbocycles. The molecule has 0 atom stereocenters. The molecule has 2 aromatic rings. The average molecular weight is 344 g/mol. The lowest BCUT2D eigenvalue weighted by molar-refractivity contribution is 0.200. The largest absolute Gasteiger partial charge is 0.339 e. The number of aryl methyl sites for hydroxylation is 1. The van der Waals surface area contributed by atoms with Crippen LogP contribution in [0.4, 0.5) is 10.7 Å². The molecule has 1 saturated heterocycles. The highest BCUT2D eigenvalue weighted by atomic mass is 16.2. The van der Waals surface area contributed by atoms with Gasteiger partial charge in [-0.3, -0.25) is 0 Å². The van der Waals surface area contributed by atoms with E-state index in [1.807, 2.05) is 9.47 Å². The molecule has 0 aliphatic carbocycles. The molecule has 1 aliphatic rings. The van der Waals surface area contributed by atoms with Gasteiger partial charge in [-0.05, 0) is 18.9 Å². The average Bonchev–Trinajstić information content (AvgIpc) is 2.93. The van der Waals surface area contributed by atoms with Crippen molar-refractivity contribution in [1.29, 1.82) is 0 Å². The molecule has 2 amide bonds. The van der Waals surface area contributed by atoms with E-state index in [9.17, 15) is 4.79 Å². The van der Waals surface area contributed by atoms with Gasteiger partial charge in [0.1, 0.15) is 6.33 Å². The van der Waals surface area contributed by atoms with Crippen molar-refractivity contribution in [3.05, 3.63) is 30.6 Å². The first-order valence-electron chi connectivity index (χ1n) is 8.69. The monoisotopic (exact) mass is 344 g/mol. The molecule has 1 N–H and O–H groups in total. The van der Waals surface area contributed by atoms with E-state index in [0.717, 1.165) is 50.8 Å². The molecule has 134 valence electrons. The summed E-state index contributed by atoms with van der Waals surface area (Å²) >= 11 is 0. The number of nitrogens with one attached hydrogen (secondary N) is 1. The van der Waals surface area contributed by atoms with E-state index < -0.39 is 0 Å². The quantitative estimate of drug-likeness (QED) is 0.866. The minimum atomic E-state index is -0.0677. The van der Waals surface area contributed by atoms with Gasteiger partial charge in [-0.15, -0.1) is 10.2 Å². The maximum atomic E-state index is 12.5. The van der Waals surface area contributed by atoms with Crippen LogP contribution in [0.2, 0.25) is 0 Å². The number of carbonyl (C=O) groups is 1. The van der Waals surface area contributed by atoms with Gasteiger partial charge in [-0.25, -0.2) is 14.8 Å². The highest BCUT2D eigenvalue weighted by Gasteiger charge is 2.20. The van der Waals surface area contributed by atoms with Gasteiger partial charge in [0.15, 0.2) is 5.82 Å². The molecule has 9 nitrogen and oxygen atoms in total. The molecule has 0 unspecified atom stereocenters. The summed E-state index contributed by atoms with van der Waals surface area (Å²) in [4.78, 5) is 25.0. The minimum absolute atomic E-state index is 0.0677. The van der Waals surface area contributed by atoms with Gasteiger partial charge in [0.05, 0.1) is 6.54 Å². The van der Waals surface area contributed by atoms with Crippen molar-refractivity contribution in [2.24, 2.45) is 0 Å². The van der Waals surface area contributed by atoms with Gasteiger partial charge in [0, 0.05) is 45.1 Å². The van der Waals surface area contributed by atoms with E-state index in [1.165, 1.54) is 0 Å². The lowest BCUT2D eigenvalue weighted by Crippen LogP contribution is -2.42. The van der Waals surface area contributed by atoms with Crippen molar-refractivity contribution in [1.82, 2.24) is 34.9 Å². The van der Waals surface area contributed by atoms with Crippen LogP contribution in [0.5, 0.6) is 0 Å². The number of carbonyl (C=O) groups excluding carboxylic acids is 1. The molecular weight excluding hydrogens is 320 g/mol. The normalized spacial score (nSPS) is 15.1. The number of anilines is 1. The van der Waals surface area contributed by atoms with Crippen molar-refractivity contribution >= 4 is 12.0 Å². The SMILES string of the molecule is CCCn1cnnc1CNC(=O)N1CCCN(c2ncccn2)CC1. The van der Waals surface area contributed by atoms with Crippen LogP contribution < -0.4 is 10.2 Å². The van der Waals surface area contributed by atoms with E-state index in [2.05, 4.69) is 37.3 Å². The van der Waals surface area contributed by atoms with Gasteiger partial charge in [0.2, 0.25) is 5.95 Å². The summed E-state index contributed by atoms with van der Waals surface area (Å²) in [5, 5.41) is 10.9. The number of urea groups is 1. The number of aromatic nitrogens is 5. The summed E-state index contributed by atoms with van der Waals surface area (Å²) in [6.45, 7) is 6.28. The van der Waals surface area contributed by atoms with E-state index in [4.69, 9.17) is 0 Å². The van der Waals surface area contributed by atoms with Crippen LogP contribution in [0, 0.1) is 0 Å². The minimum Gasteiger partial charge on any atom is -0.339 e. The smallest absolute Gasteiger partial charge is 0.317 e. The predicted molar refractivity (Wildman–Crippen MR) is 93.0 cm³/mol. The maximum absolute atomic E-state index is 12.5. The Morgan fingerprint density at radius 3 is 2.84 bits per heavy atom. The molecule has 3 rings (SSSR count). The molecule has 25 heavy (non-hydrogen) atoms. The Balaban J connectivity index is 1.52. The van der Waals surface area contributed by atoms with Crippen molar-refractivity contribution in [2.45, 2.75) is 32.9 Å². The number of amides is 2. The Morgan fingerprint density at radius 2 is 2.04 bits per heavy atom. The van der Waals surface area contributed by atoms with Crippen LogP contribution in [-0.4, -0.2) is 61.8 Å². The first kappa shape index (κ1) is 17.1. The summed E-state index contributed by atoms with van der Waals surface area (Å²) in [6.07, 6.45) is 7.07. The fraction of sp³-hybridized carbons (Fsp3) is 0.562. The van der Waals surface area contributed by atoms with Gasteiger partial charge < -0.3 is 19.7 Å². The third-order valence-electron chi connectivity index (χ3n) is 4.18. The number of hydrogen-bond acceptors (Lipinski definition) is 6. The Kier molecular flexibility index (Phi) is 5.76. The van der Waals surface area contributed by atoms with Crippen LogP contribution in [0.25, 0.3) is 0 Å². The van der Waals surface area contributed by atoms with Crippen molar-refractivity contribution in [3.63, 3.8) is 0 Å². The van der Waals surface area contributed by atoms with Crippen molar-refractivity contribution < 1.29 is 4.79 Å². The third kappa shape index (κ3) is 4.43. The number of hydrogen-bond donors (Lipinski definition) is 1. The van der Waals surface area contributed by atoms with Crippen LogP contribution in [0.1, 0.15) is 25.6 Å². The Bertz CT molecular complexity index is 674. The molecule has 0 spiro atoms. The summed E-state index contributed by atoms with van der Waals surface area (Å²) in [5.41, 5.74) is 0. The molecule has 3 heterocycles. The second-order valence-electron chi connectivity index (χ2n) is 5.98. The Morgan fingerprint density at radius 1 is 1.20 bits per heavy atom. The van der Waals surface area contributed by atoms with Gasteiger partial charge >= 0.3 is 6.03 Å². The summed E-state index contributed by atoms with van der Waals surface area (Å²) in [7, 11) is 0. The topological polar surface area (TPSA) is 92.1 Å². The van der Waals surface area contributed by atoms with Crippen molar-refractivity contribution in [3.8, 4) is 0 Å². The highest BCUT2D eigenvalue weighted by molar-refractivity contribution is 5.74. The molecule has 0 bridgehead atoms. The summed E-state index contributed by atoms with van der Waals surface area (Å²) < 4.78 is 1.97. The first-order valence-corrected chi connectivity index (χ1v) is 8.69. The highest BCUT2D eigenvalue weighted by Crippen LogP contribution is 2.10. The molecule has 0 aromatic carbocycles. The zero-order valence-corrected chi connectivity index (χ0v) is 14.5.